The average molecular weight is 380 g/mol. The second kappa shape index (κ2) is 14.9. The van der Waals surface area contributed by atoms with Gasteiger partial charge in [-0.3, -0.25) is 0 Å². The van der Waals surface area contributed by atoms with Gasteiger partial charge in [0.05, 0.1) is 0 Å². The van der Waals surface area contributed by atoms with Crippen molar-refractivity contribution in [2.75, 3.05) is 0 Å². The van der Waals surface area contributed by atoms with Crippen LogP contribution in [0.15, 0.2) is 66.7 Å². The fourth-order valence-corrected chi connectivity index (χ4v) is 1.72. The molecule has 0 fully saturated rings. The third-order valence-corrected chi connectivity index (χ3v) is 2.56. The van der Waals surface area contributed by atoms with Gasteiger partial charge in [-0.25, -0.2) is 15.0 Å². The van der Waals surface area contributed by atoms with Gasteiger partial charge >= 0.3 is 0 Å². The fourth-order valence-electron chi connectivity index (χ4n) is 1.72. The highest BCUT2D eigenvalue weighted by Crippen LogP contribution is 2.13. The van der Waals surface area contributed by atoms with Crippen LogP contribution in [-0.4, -0.2) is 26.5 Å². The molecule has 3 aromatic rings. The molecule has 1 heterocycles. The van der Waals surface area contributed by atoms with Crippen molar-refractivity contribution in [2.45, 2.75) is 41.5 Å². The number of aromatic nitrogens is 3. The van der Waals surface area contributed by atoms with Crippen molar-refractivity contribution in [3.05, 3.63) is 78.4 Å². The summed E-state index contributed by atoms with van der Waals surface area (Å²) in [6.07, 6.45) is 0. The molecule has 0 N–H and O–H groups in total. The van der Waals surface area contributed by atoms with Crippen LogP contribution in [0.2, 0.25) is 0 Å². The van der Waals surface area contributed by atoms with Gasteiger partial charge in [-0.15, -0.1) is 0 Å². The second-order valence-electron chi connectivity index (χ2n) is 6.09. The molecule has 0 atom stereocenters. The molecule has 2 aromatic carbocycles. The molecular formula is C23H29N3O2. The lowest BCUT2D eigenvalue weighted by Crippen LogP contribution is -1.98. The van der Waals surface area contributed by atoms with E-state index in [9.17, 15) is 9.59 Å². The lowest BCUT2D eigenvalue weighted by Gasteiger charge is -2.01. The maximum Gasteiger partial charge on any atom is 0.163 e. The number of Topliss-reactive ketones (excluding diaryl/α,β-unsaturated/α-hetero) is 2. The third-order valence-electron chi connectivity index (χ3n) is 2.56. The van der Waals surface area contributed by atoms with Crippen molar-refractivity contribution in [3.63, 3.8) is 0 Å². The monoisotopic (exact) mass is 379 g/mol. The Morgan fingerprint density at radius 3 is 1.18 bits per heavy atom. The molecule has 0 saturated carbocycles. The Hall–Kier alpha value is -3.21. The van der Waals surface area contributed by atoms with Crippen LogP contribution in [0.3, 0.4) is 0 Å². The number of aryl methyl sites for hydroxylation is 2. The summed E-state index contributed by atoms with van der Waals surface area (Å²) < 4.78 is 0. The molecule has 0 radical (unpaired) electrons. The van der Waals surface area contributed by atoms with Crippen molar-refractivity contribution in [3.8, 4) is 11.4 Å². The number of rotatable bonds is 1. The standard InChI is InChI=1S/C11H11N3.C6H6.2C3H6O/c1-8-12-9(2)14-11(13-8)10-6-4-3-5-7-10;1-2-4-6-5-3-1;2*1-3(2)4/h3-7H,1-2H3;1-6H;2*1-2H3. The molecule has 0 aliphatic heterocycles. The van der Waals surface area contributed by atoms with Crippen molar-refractivity contribution in [2.24, 2.45) is 0 Å². The van der Waals surface area contributed by atoms with E-state index >= 15 is 0 Å². The van der Waals surface area contributed by atoms with Crippen LogP contribution in [0.5, 0.6) is 0 Å². The quantitative estimate of drug-likeness (QED) is 0.593. The summed E-state index contributed by atoms with van der Waals surface area (Å²) in [6.45, 7) is 9.86. The van der Waals surface area contributed by atoms with Crippen molar-refractivity contribution in [1.29, 1.82) is 0 Å². The molecule has 148 valence electrons. The molecule has 28 heavy (non-hydrogen) atoms. The molecule has 1 aromatic heterocycles. The number of ketones is 2. The normalized spacial score (nSPS) is 8.64. The summed E-state index contributed by atoms with van der Waals surface area (Å²) in [5.41, 5.74) is 1.03. The first-order valence-electron chi connectivity index (χ1n) is 8.91. The minimum Gasteiger partial charge on any atom is -0.300 e. The highest BCUT2D eigenvalue weighted by molar-refractivity contribution is 5.72. The molecular weight excluding hydrogens is 350 g/mol. The zero-order valence-corrected chi connectivity index (χ0v) is 17.5. The number of benzene rings is 2. The Morgan fingerprint density at radius 1 is 0.571 bits per heavy atom. The Bertz CT molecular complexity index is 753. The zero-order chi connectivity index (χ0) is 21.4. The van der Waals surface area contributed by atoms with Gasteiger partial charge in [-0.1, -0.05) is 66.7 Å². The van der Waals surface area contributed by atoms with Crippen molar-refractivity contribution >= 4 is 11.6 Å². The highest BCUT2D eigenvalue weighted by Gasteiger charge is 2.02. The van der Waals surface area contributed by atoms with Crippen LogP contribution in [0.4, 0.5) is 0 Å². The van der Waals surface area contributed by atoms with E-state index < -0.39 is 0 Å². The molecule has 0 saturated heterocycles. The molecule has 0 bridgehead atoms. The second-order valence-corrected chi connectivity index (χ2v) is 6.09. The lowest BCUT2D eigenvalue weighted by molar-refractivity contribution is -0.115. The number of hydrogen-bond acceptors (Lipinski definition) is 5. The summed E-state index contributed by atoms with van der Waals surface area (Å²) in [5.74, 6) is 2.60. The van der Waals surface area contributed by atoms with Gasteiger partial charge in [-0.2, -0.15) is 0 Å². The Balaban J connectivity index is 0.000000430. The van der Waals surface area contributed by atoms with Crippen LogP contribution in [0, 0.1) is 13.8 Å². The smallest absolute Gasteiger partial charge is 0.163 e. The molecule has 5 heteroatoms. The Labute approximate surface area is 167 Å². The van der Waals surface area contributed by atoms with E-state index in [1.807, 2.05) is 80.6 Å². The average Bonchev–Trinajstić information content (AvgIpc) is 2.63. The van der Waals surface area contributed by atoms with Gasteiger partial charge in [0.2, 0.25) is 0 Å². The number of nitrogens with zero attached hydrogens (tertiary/aromatic N) is 3. The van der Waals surface area contributed by atoms with Crippen LogP contribution in [0.1, 0.15) is 39.3 Å². The van der Waals surface area contributed by atoms with E-state index in [0.29, 0.717) is 0 Å². The number of hydrogen-bond donors (Lipinski definition) is 0. The van der Waals surface area contributed by atoms with E-state index in [4.69, 9.17) is 0 Å². The molecule has 5 nitrogen and oxygen atoms in total. The van der Waals surface area contributed by atoms with Crippen molar-refractivity contribution < 1.29 is 9.59 Å². The van der Waals surface area contributed by atoms with Gasteiger partial charge in [0.25, 0.3) is 0 Å². The first-order valence-corrected chi connectivity index (χ1v) is 8.91. The first-order chi connectivity index (χ1) is 13.2. The largest absolute Gasteiger partial charge is 0.300 e. The van der Waals surface area contributed by atoms with E-state index in [2.05, 4.69) is 15.0 Å². The van der Waals surface area contributed by atoms with E-state index in [0.717, 1.165) is 23.0 Å². The molecule has 0 spiro atoms. The molecule has 0 amide bonds. The summed E-state index contributed by atoms with van der Waals surface area (Å²) in [6, 6.07) is 21.9. The van der Waals surface area contributed by atoms with Crippen LogP contribution >= 0.6 is 0 Å². The van der Waals surface area contributed by atoms with Gasteiger partial charge in [0.1, 0.15) is 23.2 Å². The minimum atomic E-state index is 0.167. The maximum absolute atomic E-state index is 9.44. The highest BCUT2D eigenvalue weighted by atomic mass is 16.1. The zero-order valence-electron chi connectivity index (χ0n) is 17.5. The topological polar surface area (TPSA) is 72.8 Å². The minimum absolute atomic E-state index is 0.167. The molecule has 0 unspecified atom stereocenters. The lowest BCUT2D eigenvalue weighted by atomic mass is 10.2. The summed E-state index contributed by atoms with van der Waals surface area (Å²) in [5, 5.41) is 0. The maximum atomic E-state index is 9.44. The van der Waals surface area contributed by atoms with E-state index in [1.165, 1.54) is 27.7 Å². The first kappa shape index (κ1) is 24.8. The summed E-state index contributed by atoms with van der Waals surface area (Å²) in [4.78, 5) is 31.6. The van der Waals surface area contributed by atoms with Gasteiger partial charge in [-0.05, 0) is 41.5 Å². The summed E-state index contributed by atoms with van der Waals surface area (Å²) >= 11 is 0. The van der Waals surface area contributed by atoms with E-state index in [-0.39, 0.29) is 11.6 Å². The number of carbonyl (C=O) groups excluding carboxylic acids is 2. The van der Waals surface area contributed by atoms with Crippen LogP contribution in [0.25, 0.3) is 11.4 Å². The fraction of sp³-hybridized carbons (Fsp3) is 0.261. The van der Waals surface area contributed by atoms with Crippen LogP contribution < -0.4 is 0 Å². The van der Waals surface area contributed by atoms with Gasteiger partial charge in [0.15, 0.2) is 5.82 Å². The Kier molecular flexibility index (Phi) is 13.2. The van der Waals surface area contributed by atoms with Crippen molar-refractivity contribution in [1.82, 2.24) is 15.0 Å². The third kappa shape index (κ3) is 15.1. The van der Waals surface area contributed by atoms with Crippen LogP contribution in [-0.2, 0) is 9.59 Å². The predicted molar refractivity (Wildman–Crippen MR) is 114 cm³/mol. The number of carbonyl (C=O) groups is 2. The predicted octanol–water partition coefficient (Wildman–Crippen LogP) is 5.03. The van der Waals surface area contributed by atoms with E-state index in [1.54, 1.807) is 0 Å². The molecule has 0 aliphatic carbocycles. The van der Waals surface area contributed by atoms with Gasteiger partial charge < -0.3 is 9.59 Å². The van der Waals surface area contributed by atoms with Gasteiger partial charge in [0, 0.05) is 5.56 Å². The Morgan fingerprint density at radius 2 is 0.857 bits per heavy atom. The molecule has 3 rings (SSSR count). The SMILES string of the molecule is CC(C)=O.CC(C)=O.Cc1nc(C)nc(-c2ccccc2)n1.c1ccccc1. The summed E-state index contributed by atoms with van der Waals surface area (Å²) in [7, 11) is 0. The molecule has 0 aliphatic rings.